The lowest BCUT2D eigenvalue weighted by molar-refractivity contribution is 0.0955. The Kier molecular flexibility index (Phi) is 5.31. The molecule has 0 fully saturated rings. The molecule has 1 N–H and O–H groups in total. The van der Waals surface area contributed by atoms with E-state index in [0.29, 0.717) is 15.6 Å². The molecule has 0 heterocycles. The number of benzene rings is 2. The summed E-state index contributed by atoms with van der Waals surface area (Å²) in [5, 5.41) is 3.89. The summed E-state index contributed by atoms with van der Waals surface area (Å²) in [6.07, 6.45) is 1.46. The van der Waals surface area contributed by atoms with Gasteiger partial charge in [0.2, 0.25) is 0 Å². The Morgan fingerprint density at radius 1 is 1.17 bits per heavy atom. The van der Waals surface area contributed by atoms with Crippen molar-refractivity contribution in [3.8, 4) is 0 Å². The van der Waals surface area contributed by atoms with Gasteiger partial charge >= 0.3 is 0 Å². The van der Waals surface area contributed by atoms with Gasteiger partial charge in [0, 0.05) is 5.56 Å². The Hall–Kier alpha value is -2.01. The highest BCUT2D eigenvalue weighted by atomic mass is 79.9. The molecule has 0 bridgehead atoms. The Balaban J connectivity index is 2.01. The Morgan fingerprint density at radius 2 is 1.83 bits per heavy atom. The molecule has 5 heteroatoms. The molecule has 0 radical (unpaired) electrons. The van der Waals surface area contributed by atoms with Gasteiger partial charge < -0.3 is 0 Å². The monoisotopic (exact) mass is 376 g/mol. The van der Waals surface area contributed by atoms with Crippen LogP contribution in [-0.2, 0) is 5.41 Å². The summed E-state index contributed by atoms with van der Waals surface area (Å²) in [7, 11) is 0. The quantitative estimate of drug-likeness (QED) is 0.614. The van der Waals surface area contributed by atoms with Crippen LogP contribution in [0.4, 0.5) is 4.39 Å². The van der Waals surface area contributed by atoms with Gasteiger partial charge in [-0.15, -0.1) is 0 Å². The first-order chi connectivity index (χ1) is 10.8. The molecule has 2 aromatic rings. The van der Waals surface area contributed by atoms with Crippen molar-refractivity contribution >= 4 is 28.1 Å². The standard InChI is InChI=1S/C18H18BrFN2O/c1-18(2,3)14-7-5-13(6-8-14)17(23)22-21-11-12-4-9-16(20)15(19)10-12/h4-11H,1-3H3,(H,22,23)/b21-11-. The van der Waals surface area contributed by atoms with Gasteiger partial charge in [-0.25, -0.2) is 9.82 Å². The molecule has 0 aliphatic carbocycles. The van der Waals surface area contributed by atoms with Crippen LogP contribution in [0.15, 0.2) is 52.0 Å². The van der Waals surface area contributed by atoms with Gasteiger partial charge in [0.15, 0.2) is 0 Å². The maximum absolute atomic E-state index is 13.1. The third-order valence-electron chi connectivity index (χ3n) is 3.34. The van der Waals surface area contributed by atoms with Gasteiger partial charge in [-0.05, 0) is 56.7 Å². The lowest BCUT2D eigenvalue weighted by Crippen LogP contribution is -2.18. The lowest BCUT2D eigenvalue weighted by Gasteiger charge is -2.18. The minimum atomic E-state index is -0.342. The lowest BCUT2D eigenvalue weighted by atomic mass is 9.87. The molecular formula is C18H18BrFN2O. The summed E-state index contributed by atoms with van der Waals surface area (Å²) in [6.45, 7) is 6.35. The van der Waals surface area contributed by atoms with Crippen molar-refractivity contribution < 1.29 is 9.18 Å². The second kappa shape index (κ2) is 7.04. The van der Waals surface area contributed by atoms with Crippen LogP contribution < -0.4 is 5.43 Å². The van der Waals surface area contributed by atoms with Gasteiger partial charge in [-0.3, -0.25) is 4.79 Å². The largest absolute Gasteiger partial charge is 0.271 e. The van der Waals surface area contributed by atoms with Gasteiger partial charge in [0.1, 0.15) is 5.82 Å². The Labute approximate surface area is 143 Å². The van der Waals surface area contributed by atoms with Crippen molar-refractivity contribution in [2.75, 3.05) is 0 Å². The summed E-state index contributed by atoms with van der Waals surface area (Å²) in [4.78, 5) is 12.0. The molecule has 2 rings (SSSR count). The van der Waals surface area contributed by atoms with Gasteiger partial charge in [0.25, 0.3) is 5.91 Å². The number of halogens is 2. The van der Waals surface area contributed by atoms with E-state index >= 15 is 0 Å². The Bertz CT molecular complexity index is 734. The van der Waals surface area contributed by atoms with Crippen molar-refractivity contribution in [3.63, 3.8) is 0 Å². The molecular weight excluding hydrogens is 359 g/mol. The zero-order valence-corrected chi connectivity index (χ0v) is 14.8. The van der Waals surface area contributed by atoms with E-state index in [1.54, 1.807) is 24.3 Å². The zero-order valence-electron chi connectivity index (χ0n) is 13.2. The molecule has 0 spiro atoms. The van der Waals surface area contributed by atoms with E-state index in [-0.39, 0.29) is 17.1 Å². The van der Waals surface area contributed by atoms with Crippen molar-refractivity contribution in [1.82, 2.24) is 5.43 Å². The first-order valence-corrected chi connectivity index (χ1v) is 7.95. The number of hydrogen-bond donors (Lipinski definition) is 1. The van der Waals surface area contributed by atoms with Crippen molar-refractivity contribution in [2.45, 2.75) is 26.2 Å². The fourth-order valence-corrected chi connectivity index (χ4v) is 2.34. The highest BCUT2D eigenvalue weighted by Gasteiger charge is 2.14. The van der Waals surface area contributed by atoms with E-state index in [2.05, 4.69) is 47.2 Å². The summed E-state index contributed by atoms with van der Waals surface area (Å²) in [6, 6.07) is 11.9. The predicted molar refractivity (Wildman–Crippen MR) is 94.3 cm³/mol. The fourth-order valence-electron chi connectivity index (χ4n) is 1.94. The summed E-state index contributed by atoms with van der Waals surface area (Å²) in [5.41, 5.74) is 4.89. The Morgan fingerprint density at radius 3 is 2.39 bits per heavy atom. The van der Waals surface area contributed by atoms with E-state index in [1.165, 1.54) is 12.3 Å². The average molecular weight is 377 g/mol. The first-order valence-electron chi connectivity index (χ1n) is 7.16. The number of carbonyl (C=O) groups is 1. The maximum Gasteiger partial charge on any atom is 0.271 e. The number of hydrazone groups is 1. The number of amides is 1. The van der Waals surface area contributed by atoms with E-state index in [0.717, 1.165) is 5.56 Å². The van der Waals surface area contributed by atoms with Crippen LogP contribution in [0.25, 0.3) is 0 Å². The highest BCUT2D eigenvalue weighted by molar-refractivity contribution is 9.10. The average Bonchev–Trinajstić information content (AvgIpc) is 2.50. The van der Waals surface area contributed by atoms with Crippen molar-refractivity contribution in [2.24, 2.45) is 5.10 Å². The van der Waals surface area contributed by atoms with Crippen LogP contribution in [-0.4, -0.2) is 12.1 Å². The van der Waals surface area contributed by atoms with Crippen LogP contribution in [0.2, 0.25) is 0 Å². The van der Waals surface area contributed by atoms with E-state index in [1.807, 2.05) is 12.1 Å². The second-order valence-corrected chi connectivity index (χ2v) is 7.05. The smallest absolute Gasteiger partial charge is 0.267 e. The predicted octanol–water partition coefficient (Wildman–Crippen LogP) is 4.65. The molecule has 3 nitrogen and oxygen atoms in total. The number of nitrogens with zero attached hydrogens (tertiary/aromatic N) is 1. The van der Waals surface area contributed by atoms with Gasteiger partial charge in [-0.2, -0.15) is 5.10 Å². The van der Waals surface area contributed by atoms with Crippen LogP contribution >= 0.6 is 15.9 Å². The van der Waals surface area contributed by atoms with Crippen LogP contribution in [0, 0.1) is 5.82 Å². The minimum absolute atomic E-state index is 0.0448. The maximum atomic E-state index is 13.1. The molecule has 0 atom stereocenters. The van der Waals surface area contributed by atoms with Crippen molar-refractivity contribution in [1.29, 1.82) is 0 Å². The minimum Gasteiger partial charge on any atom is -0.267 e. The van der Waals surface area contributed by atoms with E-state index < -0.39 is 0 Å². The SMILES string of the molecule is CC(C)(C)c1ccc(C(=O)N/N=C\c2ccc(F)c(Br)c2)cc1. The molecule has 1 amide bonds. The number of rotatable bonds is 3. The van der Waals surface area contributed by atoms with Crippen LogP contribution in [0.5, 0.6) is 0 Å². The molecule has 23 heavy (non-hydrogen) atoms. The molecule has 0 saturated heterocycles. The molecule has 0 aliphatic rings. The first kappa shape index (κ1) is 17.3. The summed E-state index contributed by atoms with van der Waals surface area (Å²) >= 11 is 3.10. The summed E-state index contributed by atoms with van der Waals surface area (Å²) in [5.74, 6) is -0.631. The summed E-state index contributed by atoms with van der Waals surface area (Å²) < 4.78 is 13.5. The van der Waals surface area contributed by atoms with Crippen molar-refractivity contribution in [3.05, 3.63) is 69.4 Å². The van der Waals surface area contributed by atoms with Crippen LogP contribution in [0.1, 0.15) is 42.3 Å². The topological polar surface area (TPSA) is 41.5 Å². The zero-order chi connectivity index (χ0) is 17.0. The molecule has 120 valence electrons. The third-order valence-corrected chi connectivity index (χ3v) is 3.94. The number of carbonyl (C=O) groups excluding carboxylic acids is 1. The van der Waals surface area contributed by atoms with Crippen LogP contribution in [0.3, 0.4) is 0 Å². The highest BCUT2D eigenvalue weighted by Crippen LogP contribution is 2.22. The molecule has 0 saturated carbocycles. The molecule has 0 unspecified atom stereocenters. The number of nitrogens with one attached hydrogen (secondary N) is 1. The van der Waals surface area contributed by atoms with E-state index in [9.17, 15) is 9.18 Å². The molecule has 2 aromatic carbocycles. The number of hydrogen-bond acceptors (Lipinski definition) is 2. The normalized spacial score (nSPS) is 11.7. The third kappa shape index (κ3) is 4.73. The fraction of sp³-hybridized carbons (Fsp3) is 0.222. The molecule has 0 aliphatic heterocycles. The molecule has 0 aromatic heterocycles. The van der Waals surface area contributed by atoms with Gasteiger partial charge in [-0.1, -0.05) is 39.0 Å². The second-order valence-electron chi connectivity index (χ2n) is 6.20. The van der Waals surface area contributed by atoms with Gasteiger partial charge in [0.05, 0.1) is 10.7 Å². The van der Waals surface area contributed by atoms with E-state index in [4.69, 9.17) is 0 Å².